The molecule has 1 heterocycles. The van der Waals surface area contributed by atoms with Crippen LogP contribution in [0.1, 0.15) is 24.0 Å². The van der Waals surface area contributed by atoms with E-state index in [0.29, 0.717) is 6.54 Å². The van der Waals surface area contributed by atoms with Gasteiger partial charge in [0.15, 0.2) is 0 Å². The molecule has 28 heavy (non-hydrogen) atoms. The number of aliphatic hydroxyl groups excluding tert-OH is 1. The van der Waals surface area contributed by atoms with Crippen molar-refractivity contribution in [1.29, 1.82) is 0 Å². The fraction of sp³-hybridized carbons (Fsp3) is 0.435. The van der Waals surface area contributed by atoms with E-state index in [1.165, 1.54) is 0 Å². The average Bonchev–Trinajstić information content (AvgIpc) is 2.67. The highest BCUT2D eigenvalue weighted by Gasteiger charge is 2.26. The summed E-state index contributed by atoms with van der Waals surface area (Å²) < 4.78 is 5.76. The van der Waals surface area contributed by atoms with Gasteiger partial charge in [-0.05, 0) is 75.2 Å². The number of nitrogens with one attached hydrogen (secondary N) is 1. The topological polar surface area (TPSA) is 61.8 Å². The highest BCUT2D eigenvalue weighted by atomic mass is 16.5. The molecule has 1 unspecified atom stereocenters. The number of aliphatic hydroxyl groups is 1. The molecule has 150 valence electrons. The number of para-hydroxylation sites is 1. The predicted molar refractivity (Wildman–Crippen MR) is 112 cm³/mol. The number of carbonyl (C=O) groups is 1. The Balaban J connectivity index is 1.39. The Kier molecular flexibility index (Phi) is 7.06. The number of β-amino-alcohol motifs (C(OH)–C–C–N with tert-alkyl or cyclic N) is 1. The number of likely N-dealkylation sites (tertiary alicyclic amines) is 1. The smallest absolute Gasteiger partial charge is 0.227 e. The third kappa shape index (κ3) is 6.08. The first-order chi connectivity index (χ1) is 13.5. The molecule has 0 spiro atoms. The summed E-state index contributed by atoms with van der Waals surface area (Å²) in [6, 6.07) is 15.6. The highest BCUT2D eigenvalue weighted by Crippen LogP contribution is 2.20. The largest absolute Gasteiger partial charge is 0.491 e. The number of rotatable bonds is 7. The van der Waals surface area contributed by atoms with Crippen LogP contribution in [0, 0.1) is 19.8 Å². The van der Waals surface area contributed by atoms with Crippen LogP contribution in [0.4, 0.5) is 5.69 Å². The van der Waals surface area contributed by atoms with Gasteiger partial charge in [-0.25, -0.2) is 0 Å². The maximum atomic E-state index is 12.4. The van der Waals surface area contributed by atoms with E-state index in [-0.39, 0.29) is 18.4 Å². The van der Waals surface area contributed by atoms with Crippen LogP contribution in [0.3, 0.4) is 0 Å². The van der Waals surface area contributed by atoms with Gasteiger partial charge in [0.1, 0.15) is 18.5 Å². The van der Waals surface area contributed by atoms with Crippen LogP contribution in [0.25, 0.3) is 0 Å². The maximum absolute atomic E-state index is 12.4. The average molecular weight is 383 g/mol. The van der Waals surface area contributed by atoms with Gasteiger partial charge in [-0.3, -0.25) is 4.79 Å². The van der Waals surface area contributed by atoms with Crippen molar-refractivity contribution in [2.24, 2.45) is 5.92 Å². The lowest BCUT2D eigenvalue weighted by Gasteiger charge is -2.32. The van der Waals surface area contributed by atoms with Crippen molar-refractivity contribution >= 4 is 11.6 Å². The summed E-state index contributed by atoms with van der Waals surface area (Å²) in [7, 11) is 0. The molecule has 1 fully saturated rings. The number of aryl methyl sites for hydroxylation is 2. The molecule has 0 radical (unpaired) electrons. The molecule has 0 aliphatic carbocycles. The number of benzene rings is 2. The molecule has 0 saturated carbocycles. The highest BCUT2D eigenvalue weighted by molar-refractivity contribution is 5.92. The Morgan fingerprint density at radius 1 is 1.14 bits per heavy atom. The summed E-state index contributed by atoms with van der Waals surface area (Å²) >= 11 is 0. The molecule has 5 nitrogen and oxygen atoms in total. The van der Waals surface area contributed by atoms with E-state index in [1.54, 1.807) is 0 Å². The van der Waals surface area contributed by atoms with Crippen molar-refractivity contribution in [3.8, 4) is 5.75 Å². The van der Waals surface area contributed by atoms with E-state index in [2.05, 4.69) is 16.3 Å². The number of piperidine rings is 1. The summed E-state index contributed by atoms with van der Waals surface area (Å²) in [5.41, 5.74) is 3.15. The number of anilines is 1. The molecule has 0 aromatic heterocycles. The molecule has 1 atom stereocenters. The molecule has 3 rings (SSSR count). The van der Waals surface area contributed by atoms with Crippen molar-refractivity contribution in [3.05, 3.63) is 59.7 Å². The third-order valence-electron chi connectivity index (χ3n) is 5.11. The Hall–Kier alpha value is -2.37. The van der Waals surface area contributed by atoms with Gasteiger partial charge in [0.05, 0.1) is 0 Å². The lowest BCUT2D eigenvalue weighted by Crippen LogP contribution is -2.42. The van der Waals surface area contributed by atoms with Crippen LogP contribution in [0.2, 0.25) is 0 Å². The van der Waals surface area contributed by atoms with Gasteiger partial charge in [0, 0.05) is 18.2 Å². The molecule has 2 aromatic rings. The van der Waals surface area contributed by atoms with Gasteiger partial charge in [0.25, 0.3) is 0 Å². The minimum absolute atomic E-state index is 0.0279. The lowest BCUT2D eigenvalue weighted by molar-refractivity contribution is -0.121. The van der Waals surface area contributed by atoms with E-state index >= 15 is 0 Å². The fourth-order valence-electron chi connectivity index (χ4n) is 3.70. The fourth-order valence-corrected chi connectivity index (χ4v) is 3.70. The molecule has 2 N–H and O–H groups in total. The second-order valence-electron chi connectivity index (χ2n) is 7.72. The maximum Gasteiger partial charge on any atom is 0.227 e. The van der Waals surface area contributed by atoms with Gasteiger partial charge < -0.3 is 20.1 Å². The quantitative estimate of drug-likeness (QED) is 0.771. The Bertz CT molecular complexity index is 750. The normalized spacial score (nSPS) is 16.5. The van der Waals surface area contributed by atoms with E-state index < -0.39 is 6.10 Å². The first kappa shape index (κ1) is 20.4. The molecular formula is C23H30N2O3. The summed E-state index contributed by atoms with van der Waals surface area (Å²) in [5, 5.41) is 13.3. The first-order valence-corrected chi connectivity index (χ1v) is 9.97. The van der Waals surface area contributed by atoms with Gasteiger partial charge in [0.2, 0.25) is 5.91 Å². The van der Waals surface area contributed by atoms with E-state index in [4.69, 9.17) is 4.74 Å². The van der Waals surface area contributed by atoms with Crippen LogP contribution in [0.5, 0.6) is 5.75 Å². The van der Waals surface area contributed by atoms with Crippen LogP contribution < -0.4 is 10.1 Å². The number of hydrogen-bond donors (Lipinski definition) is 2. The number of hydrogen-bond acceptors (Lipinski definition) is 4. The molecule has 2 aromatic carbocycles. The molecule has 5 heteroatoms. The number of ether oxygens (including phenoxy) is 1. The predicted octanol–water partition coefficient (Wildman–Crippen LogP) is 3.39. The molecule has 1 amide bonds. The van der Waals surface area contributed by atoms with Crippen LogP contribution in [-0.2, 0) is 4.79 Å². The Morgan fingerprint density at radius 3 is 2.43 bits per heavy atom. The monoisotopic (exact) mass is 382 g/mol. The Labute approximate surface area is 167 Å². The van der Waals surface area contributed by atoms with Crippen molar-refractivity contribution in [1.82, 2.24) is 4.90 Å². The second kappa shape index (κ2) is 9.71. The molecule has 1 aliphatic heterocycles. The van der Waals surface area contributed by atoms with E-state index in [0.717, 1.165) is 48.5 Å². The van der Waals surface area contributed by atoms with Crippen molar-refractivity contribution < 1.29 is 14.6 Å². The summed E-state index contributed by atoms with van der Waals surface area (Å²) in [4.78, 5) is 14.6. The first-order valence-electron chi connectivity index (χ1n) is 9.97. The zero-order valence-corrected chi connectivity index (χ0v) is 16.7. The number of nitrogens with zero attached hydrogens (tertiary/aromatic N) is 1. The van der Waals surface area contributed by atoms with Crippen molar-refractivity contribution in [3.63, 3.8) is 0 Å². The third-order valence-corrected chi connectivity index (χ3v) is 5.11. The van der Waals surface area contributed by atoms with Crippen molar-refractivity contribution in [2.75, 3.05) is 31.6 Å². The van der Waals surface area contributed by atoms with Crippen molar-refractivity contribution in [2.45, 2.75) is 32.8 Å². The molecular weight excluding hydrogens is 352 g/mol. The minimum atomic E-state index is -0.546. The zero-order valence-electron chi connectivity index (χ0n) is 16.7. The van der Waals surface area contributed by atoms with Gasteiger partial charge in [-0.2, -0.15) is 0 Å². The Morgan fingerprint density at radius 2 is 1.79 bits per heavy atom. The van der Waals surface area contributed by atoms with Gasteiger partial charge in [-0.1, -0.05) is 24.3 Å². The number of amides is 1. The minimum Gasteiger partial charge on any atom is -0.491 e. The van der Waals surface area contributed by atoms with Crippen LogP contribution in [-0.4, -0.2) is 48.3 Å². The summed E-state index contributed by atoms with van der Waals surface area (Å²) in [6.45, 7) is 6.54. The van der Waals surface area contributed by atoms with Crippen LogP contribution in [0.15, 0.2) is 48.5 Å². The number of carbonyl (C=O) groups excluding carboxylic acids is 1. The zero-order chi connectivity index (χ0) is 19.9. The second-order valence-corrected chi connectivity index (χ2v) is 7.72. The van der Waals surface area contributed by atoms with Gasteiger partial charge >= 0.3 is 0 Å². The van der Waals surface area contributed by atoms with E-state index in [1.807, 2.05) is 56.3 Å². The molecule has 1 aliphatic rings. The van der Waals surface area contributed by atoms with Gasteiger partial charge in [-0.15, -0.1) is 0 Å². The van der Waals surface area contributed by atoms with Crippen LogP contribution >= 0.6 is 0 Å². The summed E-state index contributed by atoms with van der Waals surface area (Å²) in [6.07, 6.45) is 1.07. The summed E-state index contributed by atoms with van der Waals surface area (Å²) in [5.74, 6) is 0.914. The lowest BCUT2D eigenvalue weighted by atomic mass is 9.95. The molecule has 1 saturated heterocycles. The SMILES string of the molecule is Cc1cc(C)cc(OCC(O)CN2CCC(C(=O)Nc3ccccc3)CC2)c1. The standard InChI is InChI=1S/C23H30N2O3/c1-17-12-18(2)14-22(13-17)28-16-21(26)15-25-10-8-19(9-11-25)23(27)24-20-6-4-3-5-7-20/h3-7,12-14,19,21,26H,8-11,15-16H2,1-2H3,(H,24,27). The van der Waals surface area contributed by atoms with E-state index in [9.17, 15) is 9.90 Å². The molecule has 0 bridgehead atoms.